The Morgan fingerprint density at radius 3 is 2.47 bits per heavy atom. The molecule has 102 valence electrons. The van der Waals surface area contributed by atoms with Crippen LogP contribution >= 0.6 is 11.3 Å². The van der Waals surface area contributed by atoms with E-state index in [9.17, 15) is 8.42 Å². The second-order valence-electron chi connectivity index (χ2n) is 4.12. The molecule has 0 saturated heterocycles. The van der Waals surface area contributed by atoms with E-state index in [4.69, 9.17) is 5.73 Å². The molecule has 1 heterocycles. The average Bonchev–Trinajstić information content (AvgIpc) is 2.84. The lowest BCUT2D eigenvalue weighted by Crippen LogP contribution is -2.29. The van der Waals surface area contributed by atoms with Crippen LogP contribution < -0.4 is 5.73 Å². The Labute approximate surface area is 117 Å². The number of rotatable bonds is 5. The van der Waals surface area contributed by atoms with Crippen molar-refractivity contribution in [3.63, 3.8) is 0 Å². The van der Waals surface area contributed by atoms with Gasteiger partial charge >= 0.3 is 0 Å². The second kappa shape index (κ2) is 5.73. The highest BCUT2D eigenvalue weighted by atomic mass is 32.2. The highest BCUT2D eigenvalue weighted by Crippen LogP contribution is 2.26. The summed E-state index contributed by atoms with van der Waals surface area (Å²) in [5.74, 6) is 0. The Morgan fingerprint density at radius 2 is 1.95 bits per heavy atom. The van der Waals surface area contributed by atoms with Gasteiger partial charge in [-0.05, 0) is 11.6 Å². The van der Waals surface area contributed by atoms with Gasteiger partial charge in [-0.3, -0.25) is 0 Å². The van der Waals surface area contributed by atoms with Gasteiger partial charge in [0.25, 0.3) is 10.0 Å². The summed E-state index contributed by atoms with van der Waals surface area (Å²) in [4.78, 5) is 0. The van der Waals surface area contributed by atoms with E-state index < -0.39 is 10.0 Å². The fourth-order valence-electron chi connectivity index (χ4n) is 1.75. The van der Waals surface area contributed by atoms with E-state index in [-0.39, 0.29) is 0 Å². The van der Waals surface area contributed by atoms with E-state index in [1.165, 1.54) is 10.4 Å². The molecule has 2 aromatic rings. The number of nitrogen functional groups attached to an aromatic ring is 1. The lowest BCUT2D eigenvalue weighted by Gasteiger charge is -2.19. The van der Waals surface area contributed by atoms with Crippen LogP contribution in [0.4, 0.5) is 5.69 Å². The summed E-state index contributed by atoms with van der Waals surface area (Å²) in [6, 6.07) is 11.1. The maximum atomic E-state index is 12.5. The third kappa shape index (κ3) is 3.15. The van der Waals surface area contributed by atoms with Crippen molar-refractivity contribution < 1.29 is 8.42 Å². The van der Waals surface area contributed by atoms with Crippen LogP contribution in [0.25, 0.3) is 0 Å². The van der Waals surface area contributed by atoms with Crippen LogP contribution in [0.1, 0.15) is 12.5 Å². The maximum absolute atomic E-state index is 12.5. The zero-order valence-corrected chi connectivity index (χ0v) is 12.2. The van der Waals surface area contributed by atoms with Crippen LogP contribution in [-0.4, -0.2) is 19.3 Å². The largest absolute Gasteiger partial charge is 0.398 e. The summed E-state index contributed by atoms with van der Waals surface area (Å²) in [7, 11) is -3.46. The van der Waals surface area contributed by atoms with Crippen molar-refractivity contribution in [2.45, 2.75) is 17.7 Å². The van der Waals surface area contributed by atoms with Gasteiger partial charge in [0.05, 0.1) is 0 Å². The summed E-state index contributed by atoms with van der Waals surface area (Å²) < 4.78 is 26.7. The van der Waals surface area contributed by atoms with E-state index in [0.717, 1.165) is 16.9 Å². The third-order valence-electron chi connectivity index (χ3n) is 2.74. The number of hydrogen-bond donors (Lipinski definition) is 1. The molecule has 0 spiro atoms. The van der Waals surface area contributed by atoms with Crippen LogP contribution in [0.15, 0.2) is 46.0 Å². The van der Waals surface area contributed by atoms with Gasteiger partial charge in [0, 0.05) is 24.2 Å². The Kier molecular flexibility index (Phi) is 4.24. The number of thiophene rings is 1. The first-order valence-corrected chi connectivity index (χ1v) is 8.24. The van der Waals surface area contributed by atoms with Gasteiger partial charge in [-0.2, -0.15) is 4.31 Å². The molecule has 1 aromatic carbocycles. The summed E-state index contributed by atoms with van der Waals surface area (Å²) in [5.41, 5.74) is 7.05. The molecule has 19 heavy (non-hydrogen) atoms. The standard InChI is InChI=1S/C13H16N2O2S2/c1-2-15(9-11-6-4-3-5-7-11)19(16,17)13-8-12(14)10-18-13/h3-8,10H,2,9,14H2,1H3. The first-order valence-electron chi connectivity index (χ1n) is 5.92. The first kappa shape index (κ1) is 14.0. The average molecular weight is 296 g/mol. The lowest BCUT2D eigenvalue weighted by molar-refractivity contribution is 0.425. The third-order valence-corrected chi connectivity index (χ3v) is 6.10. The molecule has 4 nitrogen and oxygen atoms in total. The van der Waals surface area contributed by atoms with Crippen LogP contribution in [-0.2, 0) is 16.6 Å². The van der Waals surface area contributed by atoms with E-state index in [2.05, 4.69) is 0 Å². The fraction of sp³-hybridized carbons (Fsp3) is 0.231. The smallest absolute Gasteiger partial charge is 0.252 e. The van der Waals surface area contributed by atoms with Crippen molar-refractivity contribution in [3.8, 4) is 0 Å². The molecule has 0 bridgehead atoms. The predicted molar refractivity (Wildman–Crippen MR) is 78.4 cm³/mol. The number of nitrogens with two attached hydrogens (primary N) is 1. The molecular weight excluding hydrogens is 280 g/mol. The highest BCUT2D eigenvalue weighted by Gasteiger charge is 2.24. The molecule has 0 saturated carbocycles. The molecule has 0 aliphatic heterocycles. The van der Waals surface area contributed by atoms with Crippen molar-refractivity contribution in [1.82, 2.24) is 4.31 Å². The second-order valence-corrected chi connectivity index (χ2v) is 7.19. The Balaban J connectivity index is 2.27. The lowest BCUT2D eigenvalue weighted by atomic mass is 10.2. The zero-order chi connectivity index (χ0) is 13.9. The molecule has 0 unspecified atom stereocenters. The number of nitrogens with zero attached hydrogens (tertiary/aromatic N) is 1. The first-order chi connectivity index (χ1) is 9.04. The quantitative estimate of drug-likeness (QED) is 0.922. The molecule has 0 aliphatic rings. The van der Waals surface area contributed by atoms with Gasteiger partial charge in [0.2, 0.25) is 0 Å². The van der Waals surface area contributed by atoms with Gasteiger partial charge in [-0.15, -0.1) is 11.3 Å². The molecule has 2 rings (SSSR count). The maximum Gasteiger partial charge on any atom is 0.252 e. The Morgan fingerprint density at radius 1 is 1.26 bits per heavy atom. The van der Waals surface area contributed by atoms with Crippen molar-refractivity contribution in [3.05, 3.63) is 47.3 Å². The van der Waals surface area contributed by atoms with Gasteiger partial charge in [0.1, 0.15) is 4.21 Å². The van der Waals surface area contributed by atoms with Crippen molar-refractivity contribution in [2.75, 3.05) is 12.3 Å². The number of anilines is 1. The summed E-state index contributed by atoms with van der Waals surface area (Å²) in [6.07, 6.45) is 0. The van der Waals surface area contributed by atoms with E-state index in [1.54, 1.807) is 5.38 Å². The van der Waals surface area contributed by atoms with E-state index >= 15 is 0 Å². The zero-order valence-electron chi connectivity index (χ0n) is 10.6. The summed E-state index contributed by atoms with van der Waals surface area (Å²) >= 11 is 1.16. The van der Waals surface area contributed by atoms with Gasteiger partial charge in [-0.1, -0.05) is 37.3 Å². The molecular formula is C13H16N2O2S2. The minimum absolute atomic E-state index is 0.294. The Bertz CT molecular complexity index is 636. The molecule has 0 atom stereocenters. The van der Waals surface area contributed by atoms with Crippen LogP contribution in [0.2, 0.25) is 0 Å². The van der Waals surface area contributed by atoms with Gasteiger partial charge < -0.3 is 5.73 Å². The van der Waals surface area contributed by atoms with E-state index in [0.29, 0.717) is 23.0 Å². The van der Waals surface area contributed by atoms with Gasteiger partial charge in [-0.25, -0.2) is 8.42 Å². The van der Waals surface area contributed by atoms with Crippen LogP contribution in [0.5, 0.6) is 0 Å². The molecule has 0 radical (unpaired) electrons. The van der Waals surface area contributed by atoms with Crippen LogP contribution in [0.3, 0.4) is 0 Å². The molecule has 0 amide bonds. The molecule has 6 heteroatoms. The monoisotopic (exact) mass is 296 g/mol. The molecule has 1 aromatic heterocycles. The minimum Gasteiger partial charge on any atom is -0.398 e. The molecule has 0 aliphatic carbocycles. The van der Waals surface area contributed by atoms with Crippen molar-refractivity contribution in [1.29, 1.82) is 0 Å². The van der Waals surface area contributed by atoms with Crippen LogP contribution in [0, 0.1) is 0 Å². The summed E-state index contributed by atoms with van der Waals surface area (Å²) in [5, 5.41) is 1.64. The Hall–Kier alpha value is -1.37. The predicted octanol–water partition coefficient (Wildman–Crippen LogP) is 2.54. The summed E-state index contributed by atoms with van der Waals surface area (Å²) in [6.45, 7) is 2.63. The topological polar surface area (TPSA) is 63.4 Å². The van der Waals surface area contributed by atoms with Gasteiger partial charge in [0.15, 0.2) is 0 Å². The molecule has 2 N–H and O–H groups in total. The highest BCUT2D eigenvalue weighted by molar-refractivity contribution is 7.91. The number of sulfonamides is 1. The fourth-order valence-corrected chi connectivity index (χ4v) is 4.42. The molecule has 0 fully saturated rings. The normalized spacial score (nSPS) is 11.9. The number of hydrogen-bond acceptors (Lipinski definition) is 4. The number of benzene rings is 1. The van der Waals surface area contributed by atoms with E-state index in [1.807, 2.05) is 37.3 Å². The van der Waals surface area contributed by atoms with Crippen molar-refractivity contribution >= 4 is 27.0 Å². The SMILES string of the molecule is CCN(Cc1ccccc1)S(=O)(=O)c1cc(N)cs1. The minimum atomic E-state index is -3.46. The van der Waals surface area contributed by atoms with Crippen molar-refractivity contribution in [2.24, 2.45) is 0 Å².